The number of fused-ring (bicyclic) bond motifs is 1. The smallest absolute Gasteiger partial charge is 0.101 e. The van der Waals surface area contributed by atoms with Crippen LogP contribution in [-0.2, 0) is 0 Å². The van der Waals surface area contributed by atoms with Gasteiger partial charge in [0.05, 0.1) is 0 Å². The molecule has 0 aromatic heterocycles. The fourth-order valence-corrected chi connectivity index (χ4v) is 1.77. The van der Waals surface area contributed by atoms with E-state index in [2.05, 4.69) is 23.0 Å². The molecule has 0 radical (unpaired) electrons. The zero-order valence-electron chi connectivity index (χ0n) is 5.11. The van der Waals surface area contributed by atoms with Crippen molar-refractivity contribution in [3.63, 3.8) is 0 Å². The summed E-state index contributed by atoms with van der Waals surface area (Å²) < 4.78 is 0. The zero-order valence-corrected chi connectivity index (χ0v) is 6.82. The number of thiol groups is 1. The fourth-order valence-electron chi connectivity index (χ4n) is 0.883. The van der Waals surface area contributed by atoms with E-state index < -0.39 is 0 Å². The molecule has 2 aliphatic rings. The molecular formula is C7H5NS2. The van der Waals surface area contributed by atoms with Crippen LogP contribution in [0.5, 0.6) is 0 Å². The summed E-state index contributed by atoms with van der Waals surface area (Å²) in [6.45, 7) is 0. The molecule has 0 aliphatic carbocycles. The number of hydrogen-bond acceptors (Lipinski definition) is 3. The summed E-state index contributed by atoms with van der Waals surface area (Å²) in [5.41, 5.74) is 2.32. The van der Waals surface area contributed by atoms with Gasteiger partial charge in [-0.15, -0.1) is 12.6 Å². The van der Waals surface area contributed by atoms with E-state index in [9.17, 15) is 0 Å². The Kier molecular flexibility index (Phi) is 1.39. The predicted molar refractivity (Wildman–Crippen MR) is 46.0 cm³/mol. The van der Waals surface area contributed by atoms with Crippen LogP contribution in [0.15, 0.2) is 28.0 Å². The molecule has 0 saturated carbocycles. The molecule has 0 fully saturated rings. The number of aromatic nitrogens is 1. The van der Waals surface area contributed by atoms with Crippen LogP contribution < -0.4 is 0 Å². The Balaban J connectivity index is 2.78. The van der Waals surface area contributed by atoms with Crippen molar-refractivity contribution in [2.24, 2.45) is 0 Å². The van der Waals surface area contributed by atoms with Crippen LogP contribution in [-0.4, -0.2) is 4.98 Å². The summed E-state index contributed by atoms with van der Waals surface area (Å²) in [6.07, 6.45) is 1.84. The molecule has 2 aliphatic heterocycles. The summed E-state index contributed by atoms with van der Waals surface area (Å²) in [7, 11) is 0. The topological polar surface area (TPSA) is 12.9 Å². The summed E-state index contributed by atoms with van der Waals surface area (Å²) in [5, 5.41) is 4.93. The van der Waals surface area contributed by atoms with Gasteiger partial charge in [-0.3, -0.25) is 0 Å². The minimum atomic E-state index is 0.822. The van der Waals surface area contributed by atoms with Crippen molar-refractivity contribution in [1.29, 1.82) is 0 Å². The van der Waals surface area contributed by atoms with Gasteiger partial charge in [0.15, 0.2) is 0 Å². The number of hydrogen-bond donors (Lipinski definition) is 1. The minimum Gasteiger partial charge on any atom is -0.249 e. The first-order chi connectivity index (χ1) is 4.88. The lowest BCUT2D eigenvalue weighted by Crippen LogP contribution is -1.68. The Morgan fingerprint density at radius 2 is 2.40 bits per heavy atom. The second kappa shape index (κ2) is 2.25. The van der Waals surface area contributed by atoms with Crippen molar-refractivity contribution in [3.05, 3.63) is 23.0 Å². The van der Waals surface area contributed by atoms with Gasteiger partial charge in [-0.1, -0.05) is 0 Å². The molecule has 0 N–H and O–H groups in total. The van der Waals surface area contributed by atoms with Crippen LogP contribution >= 0.6 is 24.0 Å². The lowest BCUT2D eigenvalue weighted by atomic mass is 10.2. The largest absolute Gasteiger partial charge is 0.249 e. The Labute approximate surface area is 68.5 Å². The van der Waals surface area contributed by atoms with E-state index in [0.717, 1.165) is 10.6 Å². The molecule has 10 heavy (non-hydrogen) atoms. The van der Waals surface area contributed by atoms with E-state index >= 15 is 0 Å². The van der Waals surface area contributed by atoms with Crippen LogP contribution in [0.3, 0.4) is 0 Å². The van der Waals surface area contributed by atoms with Crippen molar-refractivity contribution >= 4 is 24.0 Å². The van der Waals surface area contributed by atoms with Gasteiger partial charge in [0.25, 0.3) is 0 Å². The third-order valence-corrected chi connectivity index (χ3v) is 2.43. The van der Waals surface area contributed by atoms with Crippen LogP contribution in [0.2, 0.25) is 0 Å². The number of nitrogens with zero attached hydrogens (tertiary/aromatic N) is 1. The van der Waals surface area contributed by atoms with Gasteiger partial charge in [0.1, 0.15) is 5.03 Å². The van der Waals surface area contributed by atoms with Gasteiger partial charge in [0.2, 0.25) is 0 Å². The van der Waals surface area contributed by atoms with Crippen LogP contribution in [0, 0.1) is 0 Å². The quantitative estimate of drug-likeness (QED) is 0.595. The van der Waals surface area contributed by atoms with Crippen molar-refractivity contribution in [3.8, 4) is 11.1 Å². The standard InChI is InChI=1S/C7H5NS2/c9-7-6-1-2-10-4-5(6)3-8-7/h1-4,9H. The summed E-state index contributed by atoms with van der Waals surface area (Å²) in [5.74, 6) is 0. The molecule has 0 unspecified atom stereocenters. The molecule has 50 valence electrons. The van der Waals surface area contributed by atoms with Crippen molar-refractivity contribution in [2.45, 2.75) is 5.03 Å². The Morgan fingerprint density at radius 1 is 1.50 bits per heavy atom. The normalized spacial score (nSPS) is 10.5. The molecule has 1 nitrogen and oxygen atoms in total. The highest BCUT2D eigenvalue weighted by Crippen LogP contribution is 2.28. The fraction of sp³-hybridized carbons (Fsp3) is 0. The molecule has 0 atom stereocenters. The average molecular weight is 167 g/mol. The molecule has 0 saturated heterocycles. The first-order valence-electron chi connectivity index (χ1n) is 2.88. The lowest BCUT2D eigenvalue weighted by Gasteiger charge is -1.92. The van der Waals surface area contributed by atoms with E-state index in [4.69, 9.17) is 0 Å². The maximum atomic E-state index is 4.20. The van der Waals surface area contributed by atoms with Crippen LogP contribution in [0.4, 0.5) is 0 Å². The van der Waals surface area contributed by atoms with Crippen molar-refractivity contribution in [2.75, 3.05) is 0 Å². The molecule has 0 amide bonds. The molecule has 0 aromatic carbocycles. The average Bonchev–Trinajstić information content (AvgIpc) is 2.34. The Morgan fingerprint density at radius 3 is 3.20 bits per heavy atom. The van der Waals surface area contributed by atoms with Gasteiger partial charge in [0, 0.05) is 22.7 Å². The van der Waals surface area contributed by atoms with Gasteiger partial charge < -0.3 is 0 Å². The van der Waals surface area contributed by atoms with Crippen LogP contribution in [0.25, 0.3) is 11.1 Å². The van der Waals surface area contributed by atoms with Crippen molar-refractivity contribution in [1.82, 2.24) is 4.98 Å². The SMILES string of the molecule is Sc1ncc2csccc1-2. The third-order valence-electron chi connectivity index (χ3n) is 1.39. The first kappa shape index (κ1) is 6.19. The molecular weight excluding hydrogens is 162 g/mol. The van der Waals surface area contributed by atoms with Crippen LogP contribution in [0.1, 0.15) is 0 Å². The predicted octanol–water partition coefficient (Wildman–Crippen LogP) is 2.54. The van der Waals surface area contributed by atoms with E-state index in [1.54, 1.807) is 11.3 Å². The van der Waals surface area contributed by atoms with Crippen molar-refractivity contribution < 1.29 is 0 Å². The Hall–Kier alpha value is -0.540. The van der Waals surface area contributed by atoms with Gasteiger partial charge >= 0.3 is 0 Å². The highest BCUT2D eigenvalue weighted by Gasteiger charge is 2.05. The second-order valence-corrected chi connectivity index (χ2v) is 3.21. The highest BCUT2D eigenvalue weighted by molar-refractivity contribution is 7.80. The van der Waals surface area contributed by atoms with Gasteiger partial charge in [-0.25, -0.2) is 4.98 Å². The van der Waals surface area contributed by atoms with E-state index in [0.29, 0.717) is 0 Å². The van der Waals surface area contributed by atoms with Gasteiger partial charge in [-0.05, 0) is 11.4 Å². The molecule has 2 heterocycles. The van der Waals surface area contributed by atoms with E-state index in [1.807, 2.05) is 17.6 Å². The lowest BCUT2D eigenvalue weighted by molar-refractivity contribution is 1.22. The molecule has 2 rings (SSSR count). The maximum Gasteiger partial charge on any atom is 0.101 e. The third kappa shape index (κ3) is 0.822. The zero-order chi connectivity index (χ0) is 6.97. The van der Waals surface area contributed by atoms with E-state index in [1.165, 1.54) is 5.56 Å². The molecule has 0 aromatic rings. The maximum absolute atomic E-state index is 4.20. The van der Waals surface area contributed by atoms with E-state index in [-0.39, 0.29) is 0 Å². The highest BCUT2D eigenvalue weighted by atomic mass is 32.1. The molecule has 3 heteroatoms. The van der Waals surface area contributed by atoms with Gasteiger partial charge in [-0.2, -0.15) is 11.3 Å². The Bertz CT molecular complexity index is 315. The summed E-state index contributed by atoms with van der Waals surface area (Å²) >= 11 is 5.87. The molecule has 0 spiro atoms. The first-order valence-corrected chi connectivity index (χ1v) is 4.27. The summed E-state index contributed by atoms with van der Waals surface area (Å²) in [4.78, 5) is 4.07. The monoisotopic (exact) mass is 167 g/mol. The summed E-state index contributed by atoms with van der Waals surface area (Å²) in [6, 6.07) is 2.04. The second-order valence-electron chi connectivity index (χ2n) is 2.01. The minimum absolute atomic E-state index is 0.822. The molecule has 0 bridgehead atoms. The number of rotatable bonds is 0.